The molecule has 1 aliphatic heterocycles. The molecule has 156 valence electrons. The van der Waals surface area contributed by atoms with E-state index >= 15 is 0 Å². The van der Waals surface area contributed by atoms with Gasteiger partial charge in [0.15, 0.2) is 0 Å². The Morgan fingerprint density at radius 1 is 1.00 bits per heavy atom. The smallest absolute Gasteiger partial charge is 0.244 e. The third-order valence-electron chi connectivity index (χ3n) is 5.72. The summed E-state index contributed by atoms with van der Waals surface area (Å²) in [4.78, 5) is 12.8. The summed E-state index contributed by atoms with van der Waals surface area (Å²) < 4.78 is 27.5. The standard InChI is InChI=1S/C20H28Cl2N2O3S/c21-16-10-11-18(22)19(13-16)28(26,27)24-12-6-7-15(14-24)20(25)23-17-8-4-2-1-3-5-9-17/h10-11,13,15,17H,1-9,12,14H2,(H,23,25)/t15-/m0/s1. The summed E-state index contributed by atoms with van der Waals surface area (Å²) in [6, 6.07) is 4.63. The van der Waals surface area contributed by atoms with Crippen molar-refractivity contribution in [1.82, 2.24) is 9.62 Å². The van der Waals surface area contributed by atoms with E-state index in [2.05, 4.69) is 5.32 Å². The second-order valence-electron chi connectivity index (χ2n) is 7.83. The summed E-state index contributed by atoms with van der Waals surface area (Å²) in [5.74, 6) is -0.352. The Hall–Kier alpha value is -0.820. The Balaban J connectivity index is 1.67. The molecule has 1 aromatic carbocycles. The zero-order valence-corrected chi connectivity index (χ0v) is 18.3. The van der Waals surface area contributed by atoms with Crippen LogP contribution < -0.4 is 5.32 Å². The first-order valence-electron chi connectivity index (χ1n) is 10.1. The van der Waals surface area contributed by atoms with Crippen LogP contribution in [0.4, 0.5) is 0 Å². The number of sulfonamides is 1. The van der Waals surface area contributed by atoms with Gasteiger partial charge in [0.25, 0.3) is 0 Å². The topological polar surface area (TPSA) is 66.5 Å². The first-order chi connectivity index (χ1) is 13.4. The highest BCUT2D eigenvalue weighted by atomic mass is 35.5. The molecule has 28 heavy (non-hydrogen) atoms. The summed E-state index contributed by atoms with van der Waals surface area (Å²) in [5, 5.41) is 3.64. The number of halogens is 2. The molecule has 3 rings (SSSR count). The average molecular weight is 447 g/mol. The van der Waals surface area contributed by atoms with E-state index in [-0.39, 0.29) is 34.3 Å². The lowest BCUT2D eigenvalue weighted by atomic mass is 9.94. The highest BCUT2D eigenvalue weighted by Gasteiger charge is 2.35. The van der Waals surface area contributed by atoms with Gasteiger partial charge in [-0.15, -0.1) is 0 Å². The molecule has 1 amide bonds. The minimum Gasteiger partial charge on any atom is -0.353 e. The summed E-state index contributed by atoms with van der Waals surface area (Å²) in [6.07, 6.45) is 9.39. The lowest BCUT2D eigenvalue weighted by Crippen LogP contribution is -2.47. The van der Waals surface area contributed by atoms with E-state index < -0.39 is 10.0 Å². The lowest BCUT2D eigenvalue weighted by molar-refractivity contribution is -0.126. The molecular formula is C20H28Cl2N2O3S. The van der Waals surface area contributed by atoms with Crippen molar-refractivity contribution in [1.29, 1.82) is 0 Å². The van der Waals surface area contributed by atoms with Gasteiger partial charge in [-0.25, -0.2) is 8.42 Å². The predicted molar refractivity (Wildman–Crippen MR) is 112 cm³/mol. The molecule has 0 radical (unpaired) electrons. The van der Waals surface area contributed by atoms with Crippen LogP contribution in [-0.2, 0) is 14.8 Å². The van der Waals surface area contributed by atoms with Crippen LogP contribution >= 0.6 is 23.2 Å². The van der Waals surface area contributed by atoms with Gasteiger partial charge >= 0.3 is 0 Å². The van der Waals surface area contributed by atoms with Crippen LogP contribution in [0.3, 0.4) is 0 Å². The number of hydrogen-bond acceptors (Lipinski definition) is 3. The van der Waals surface area contributed by atoms with E-state index in [1.54, 1.807) is 6.07 Å². The van der Waals surface area contributed by atoms with E-state index in [1.165, 1.54) is 35.7 Å². The molecule has 1 saturated carbocycles. The molecule has 1 N–H and O–H groups in total. The molecular weight excluding hydrogens is 419 g/mol. The molecule has 0 bridgehead atoms. The number of nitrogens with one attached hydrogen (secondary N) is 1. The maximum Gasteiger partial charge on any atom is 0.244 e. The van der Waals surface area contributed by atoms with Crippen LogP contribution in [0, 0.1) is 5.92 Å². The second kappa shape index (κ2) is 9.79. The normalized spacial score (nSPS) is 23.0. The molecule has 2 aliphatic rings. The zero-order valence-electron chi connectivity index (χ0n) is 16.0. The first-order valence-corrected chi connectivity index (χ1v) is 12.3. The van der Waals surface area contributed by atoms with Gasteiger partial charge in [0, 0.05) is 24.2 Å². The molecule has 0 aromatic heterocycles. The van der Waals surface area contributed by atoms with Crippen molar-refractivity contribution in [2.45, 2.75) is 68.7 Å². The maximum atomic E-state index is 13.1. The number of carbonyl (C=O) groups excluding carboxylic acids is 1. The Bertz CT molecular complexity index is 793. The largest absolute Gasteiger partial charge is 0.353 e. The number of hydrogen-bond donors (Lipinski definition) is 1. The van der Waals surface area contributed by atoms with Crippen molar-refractivity contribution in [3.05, 3.63) is 28.2 Å². The number of benzene rings is 1. The third-order valence-corrected chi connectivity index (χ3v) is 8.30. The van der Waals surface area contributed by atoms with E-state index in [0.717, 1.165) is 25.7 Å². The molecule has 1 aliphatic carbocycles. The Labute approximate surface area is 177 Å². The van der Waals surface area contributed by atoms with E-state index in [1.807, 2.05) is 0 Å². The van der Waals surface area contributed by atoms with Gasteiger partial charge in [-0.3, -0.25) is 4.79 Å². The second-order valence-corrected chi connectivity index (χ2v) is 10.6. The summed E-state index contributed by atoms with van der Waals surface area (Å²) in [7, 11) is -3.79. The summed E-state index contributed by atoms with van der Waals surface area (Å²) >= 11 is 12.1. The number of nitrogens with zero attached hydrogens (tertiary/aromatic N) is 1. The number of rotatable bonds is 4. The van der Waals surface area contributed by atoms with E-state index in [0.29, 0.717) is 24.4 Å². The first kappa shape index (κ1) is 21.9. The summed E-state index contributed by atoms with van der Waals surface area (Å²) in [5.41, 5.74) is 0. The molecule has 8 heteroatoms. The van der Waals surface area contributed by atoms with Crippen LogP contribution in [0.2, 0.25) is 10.0 Å². The van der Waals surface area contributed by atoms with Crippen molar-refractivity contribution >= 4 is 39.1 Å². The number of piperidine rings is 1. The number of carbonyl (C=O) groups is 1. The fraction of sp³-hybridized carbons (Fsp3) is 0.650. The molecule has 0 unspecified atom stereocenters. The Morgan fingerprint density at radius 2 is 1.68 bits per heavy atom. The van der Waals surface area contributed by atoms with Gasteiger partial charge in [0.1, 0.15) is 4.90 Å². The van der Waals surface area contributed by atoms with Crippen LogP contribution in [-0.4, -0.2) is 37.8 Å². The van der Waals surface area contributed by atoms with Gasteiger partial charge < -0.3 is 5.32 Å². The Morgan fingerprint density at radius 3 is 2.39 bits per heavy atom. The maximum absolute atomic E-state index is 13.1. The van der Waals surface area contributed by atoms with Crippen molar-refractivity contribution in [3.63, 3.8) is 0 Å². The molecule has 2 fully saturated rings. The average Bonchev–Trinajstić information content (AvgIpc) is 2.65. The third kappa shape index (κ3) is 5.41. The van der Waals surface area contributed by atoms with Gasteiger partial charge in [-0.05, 0) is 43.9 Å². The monoisotopic (exact) mass is 446 g/mol. The number of amides is 1. The predicted octanol–water partition coefficient (Wildman–Crippen LogP) is 4.62. The molecule has 1 atom stereocenters. The van der Waals surface area contributed by atoms with Gasteiger partial charge in [0.2, 0.25) is 15.9 Å². The quantitative estimate of drug-likeness (QED) is 0.732. The molecule has 1 aromatic rings. The van der Waals surface area contributed by atoms with Gasteiger partial charge in [-0.2, -0.15) is 4.31 Å². The zero-order chi connectivity index (χ0) is 20.1. The molecule has 1 saturated heterocycles. The van der Waals surface area contributed by atoms with Gasteiger partial charge in [-0.1, -0.05) is 55.3 Å². The fourth-order valence-corrected chi connectivity index (χ4v) is 6.37. The van der Waals surface area contributed by atoms with Crippen molar-refractivity contribution in [3.8, 4) is 0 Å². The van der Waals surface area contributed by atoms with Crippen molar-refractivity contribution in [2.24, 2.45) is 5.92 Å². The lowest BCUT2D eigenvalue weighted by Gasteiger charge is -2.32. The summed E-state index contributed by atoms with van der Waals surface area (Å²) in [6.45, 7) is 0.572. The molecule has 5 nitrogen and oxygen atoms in total. The highest BCUT2D eigenvalue weighted by Crippen LogP contribution is 2.30. The van der Waals surface area contributed by atoms with Crippen LogP contribution in [0.25, 0.3) is 0 Å². The molecule has 0 spiro atoms. The highest BCUT2D eigenvalue weighted by molar-refractivity contribution is 7.89. The van der Waals surface area contributed by atoms with Crippen LogP contribution in [0.5, 0.6) is 0 Å². The van der Waals surface area contributed by atoms with Gasteiger partial charge in [0.05, 0.1) is 10.9 Å². The minimum absolute atomic E-state index is 0.00254. The van der Waals surface area contributed by atoms with E-state index in [9.17, 15) is 13.2 Å². The SMILES string of the molecule is O=C(NC1CCCCCCC1)[C@H]1CCCN(S(=O)(=O)c2cc(Cl)ccc2Cl)C1. The molecule has 1 heterocycles. The fourth-order valence-electron chi connectivity index (χ4n) is 4.11. The Kier molecular flexibility index (Phi) is 7.65. The minimum atomic E-state index is -3.79. The van der Waals surface area contributed by atoms with Crippen molar-refractivity contribution in [2.75, 3.05) is 13.1 Å². The van der Waals surface area contributed by atoms with Crippen LogP contribution in [0.1, 0.15) is 57.8 Å². The van der Waals surface area contributed by atoms with Crippen LogP contribution in [0.15, 0.2) is 23.1 Å². The van der Waals surface area contributed by atoms with E-state index in [4.69, 9.17) is 23.2 Å². The van der Waals surface area contributed by atoms with Crippen molar-refractivity contribution < 1.29 is 13.2 Å².